The molecule has 0 aliphatic heterocycles. The second-order valence-corrected chi connectivity index (χ2v) is 4.78. The summed E-state index contributed by atoms with van der Waals surface area (Å²) in [5.41, 5.74) is 2.44. The monoisotopic (exact) mass is 233 g/mol. The summed E-state index contributed by atoms with van der Waals surface area (Å²) in [7, 11) is 12.3. The highest BCUT2D eigenvalue weighted by molar-refractivity contribution is 5.56. The standard InChI is InChI=1S/C14H23N3/c1-15(2)13-9-7-12(8-10-13)11-14(16(3)4)17(5)6/h7-11H,1-6H3. The second kappa shape index (κ2) is 5.62. The summed E-state index contributed by atoms with van der Waals surface area (Å²) in [6, 6.07) is 8.55. The summed E-state index contributed by atoms with van der Waals surface area (Å²) in [5, 5.41) is 0. The first-order chi connectivity index (χ1) is 7.91. The number of anilines is 1. The van der Waals surface area contributed by atoms with Crippen molar-refractivity contribution in [2.24, 2.45) is 0 Å². The first kappa shape index (κ1) is 13.4. The van der Waals surface area contributed by atoms with Gasteiger partial charge < -0.3 is 14.7 Å². The zero-order chi connectivity index (χ0) is 13.0. The van der Waals surface area contributed by atoms with Crippen LogP contribution in [0, 0.1) is 0 Å². The van der Waals surface area contributed by atoms with Crippen molar-refractivity contribution < 1.29 is 0 Å². The van der Waals surface area contributed by atoms with E-state index in [2.05, 4.69) is 87.3 Å². The topological polar surface area (TPSA) is 9.72 Å². The van der Waals surface area contributed by atoms with E-state index in [1.165, 1.54) is 17.1 Å². The van der Waals surface area contributed by atoms with E-state index in [1.54, 1.807) is 0 Å². The van der Waals surface area contributed by atoms with Gasteiger partial charge in [0.25, 0.3) is 0 Å². The van der Waals surface area contributed by atoms with Crippen LogP contribution in [-0.4, -0.2) is 52.1 Å². The van der Waals surface area contributed by atoms with Crippen molar-refractivity contribution in [1.82, 2.24) is 9.80 Å². The third kappa shape index (κ3) is 3.70. The zero-order valence-electron chi connectivity index (χ0n) is 11.7. The summed E-state index contributed by atoms with van der Waals surface area (Å²) in [4.78, 5) is 6.33. The molecule has 1 rings (SSSR count). The first-order valence-electron chi connectivity index (χ1n) is 5.75. The van der Waals surface area contributed by atoms with Crippen molar-refractivity contribution in [2.75, 3.05) is 47.2 Å². The summed E-state index contributed by atoms with van der Waals surface area (Å²) in [6.45, 7) is 0. The molecule has 3 heteroatoms. The quantitative estimate of drug-likeness (QED) is 0.789. The Morgan fingerprint density at radius 3 is 1.65 bits per heavy atom. The molecule has 0 atom stereocenters. The van der Waals surface area contributed by atoms with Crippen LogP contribution in [0.3, 0.4) is 0 Å². The highest BCUT2D eigenvalue weighted by atomic mass is 15.3. The number of nitrogens with zero attached hydrogens (tertiary/aromatic N) is 3. The predicted octanol–water partition coefficient (Wildman–Crippen LogP) is 2.17. The molecular formula is C14H23N3. The summed E-state index contributed by atoms with van der Waals surface area (Å²) < 4.78 is 0. The Bertz CT molecular complexity index is 365. The SMILES string of the molecule is CN(C)C(=Cc1ccc(N(C)C)cc1)N(C)C. The highest BCUT2D eigenvalue weighted by Gasteiger charge is 2.02. The molecule has 0 heterocycles. The lowest BCUT2D eigenvalue weighted by Crippen LogP contribution is -2.24. The Hall–Kier alpha value is -1.64. The highest BCUT2D eigenvalue weighted by Crippen LogP contribution is 2.15. The maximum atomic E-state index is 2.18. The Morgan fingerprint density at radius 2 is 1.29 bits per heavy atom. The minimum absolute atomic E-state index is 1.18. The molecular weight excluding hydrogens is 210 g/mol. The van der Waals surface area contributed by atoms with Crippen LogP contribution >= 0.6 is 0 Å². The lowest BCUT2D eigenvalue weighted by Gasteiger charge is -2.24. The van der Waals surface area contributed by atoms with Gasteiger partial charge in [-0.1, -0.05) is 12.1 Å². The number of hydrogen-bond donors (Lipinski definition) is 0. The third-order valence-electron chi connectivity index (χ3n) is 2.62. The van der Waals surface area contributed by atoms with E-state index in [-0.39, 0.29) is 0 Å². The van der Waals surface area contributed by atoms with Gasteiger partial charge in [-0.05, 0) is 23.8 Å². The van der Waals surface area contributed by atoms with E-state index in [4.69, 9.17) is 0 Å². The van der Waals surface area contributed by atoms with E-state index >= 15 is 0 Å². The van der Waals surface area contributed by atoms with Gasteiger partial charge in [-0.2, -0.15) is 0 Å². The van der Waals surface area contributed by atoms with Crippen LogP contribution in [0.5, 0.6) is 0 Å². The van der Waals surface area contributed by atoms with Crippen molar-refractivity contribution in [2.45, 2.75) is 0 Å². The molecule has 0 aromatic heterocycles. The third-order valence-corrected chi connectivity index (χ3v) is 2.62. The van der Waals surface area contributed by atoms with Gasteiger partial charge in [-0.3, -0.25) is 0 Å². The van der Waals surface area contributed by atoms with Crippen LogP contribution in [0.25, 0.3) is 6.08 Å². The van der Waals surface area contributed by atoms with Gasteiger partial charge in [0.05, 0.1) is 0 Å². The molecule has 0 aliphatic carbocycles. The van der Waals surface area contributed by atoms with E-state index in [9.17, 15) is 0 Å². The Labute approximate surface area is 105 Å². The normalized spacial score (nSPS) is 9.76. The summed E-state index contributed by atoms with van der Waals surface area (Å²) in [6.07, 6.45) is 2.18. The van der Waals surface area contributed by atoms with Gasteiger partial charge in [-0.15, -0.1) is 0 Å². The molecule has 0 saturated carbocycles. The minimum Gasteiger partial charge on any atom is -0.378 e. The number of rotatable bonds is 4. The molecule has 0 saturated heterocycles. The number of hydrogen-bond acceptors (Lipinski definition) is 3. The predicted molar refractivity (Wildman–Crippen MR) is 76.1 cm³/mol. The van der Waals surface area contributed by atoms with Gasteiger partial charge >= 0.3 is 0 Å². The summed E-state index contributed by atoms with van der Waals surface area (Å²) in [5.74, 6) is 1.18. The molecule has 17 heavy (non-hydrogen) atoms. The number of benzene rings is 1. The molecule has 0 unspecified atom stereocenters. The van der Waals surface area contributed by atoms with Crippen LogP contribution in [-0.2, 0) is 0 Å². The Morgan fingerprint density at radius 1 is 0.824 bits per heavy atom. The molecule has 1 aromatic carbocycles. The maximum absolute atomic E-state index is 2.18. The molecule has 0 aliphatic rings. The van der Waals surface area contributed by atoms with Crippen molar-refractivity contribution in [3.63, 3.8) is 0 Å². The fraction of sp³-hybridized carbons (Fsp3) is 0.429. The van der Waals surface area contributed by atoms with Crippen LogP contribution in [0.2, 0.25) is 0 Å². The van der Waals surface area contributed by atoms with Gasteiger partial charge in [0, 0.05) is 48.0 Å². The zero-order valence-corrected chi connectivity index (χ0v) is 11.7. The molecule has 1 aromatic rings. The lowest BCUT2D eigenvalue weighted by molar-refractivity contribution is 0.348. The van der Waals surface area contributed by atoms with Crippen LogP contribution in [0.15, 0.2) is 30.1 Å². The Balaban J connectivity index is 2.96. The molecule has 94 valence electrons. The van der Waals surface area contributed by atoms with Gasteiger partial charge in [0.1, 0.15) is 5.82 Å². The Kier molecular flexibility index (Phi) is 4.44. The van der Waals surface area contributed by atoms with Gasteiger partial charge in [0.2, 0.25) is 0 Å². The molecule has 0 bridgehead atoms. The fourth-order valence-corrected chi connectivity index (χ4v) is 1.68. The summed E-state index contributed by atoms with van der Waals surface area (Å²) >= 11 is 0. The minimum atomic E-state index is 1.18. The van der Waals surface area contributed by atoms with Gasteiger partial charge in [0.15, 0.2) is 0 Å². The molecule has 0 fully saturated rings. The lowest BCUT2D eigenvalue weighted by atomic mass is 10.2. The largest absolute Gasteiger partial charge is 0.378 e. The van der Waals surface area contributed by atoms with Crippen molar-refractivity contribution >= 4 is 11.8 Å². The van der Waals surface area contributed by atoms with Crippen LogP contribution in [0.1, 0.15) is 5.56 Å². The molecule has 0 radical (unpaired) electrons. The van der Waals surface area contributed by atoms with E-state index in [0.29, 0.717) is 0 Å². The molecule has 0 N–H and O–H groups in total. The first-order valence-corrected chi connectivity index (χ1v) is 5.75. The average Bonchev–Trinajstić information content (AvgIpc) is 2.25. The maximum Gasteiger partial charge on any atom is 0.103 e. The van der Waals surface area contributed by atoms with Crippen LogP contribution in [0.4, 0.5) is 5.69 Å². The van der Waals surface area contributed by atoms with E-state index < -0.39 is 0 Å². The van der Waals surface area contributed by atoms with Crippen molar-refractivity contribution in [1.29, 1.82) is 0 Å². The second-order valence-electron chi connectivity index (χ2n) is 4.78. The van der Waals surface area contributed by atoms with E-state index in [0.717, 1.165) is 0 Å². The fourth-order valence-electron chi connectivity index (χ4n) is 1.68. The van der Waals surface area contributed by atoms with E-state index in [1.807, 2.05) is 0 Å². The van der Waals surface area contributed by atoms with Gasteiger partial charge in [-0.25, -0.2) is 0 Å². The van der Waals surface area contributed by atoms with Crippen molar-refractivity contribution in [3.05, 3.63) is 35.6 Å². The smallest absolute Gasteiger partial charge is 0.103 e. The molecule has 0 amide bonds. The molecule has 0 spiro atoms. The molecule has 3 nitrogen and oxygen atoms in total. The van der Waals surface area contributed by atoms with Crippen LogP contribution < -0.4 is 4.90 Å². The van der Waals surface area contributed by atoms with Crippen molar-refractivity contribution in [3.8, 4) is 0 Å². The average molecular weight is 233 g/mol.